The van der Waals surface area contributed by atoms with Crippen LogP contribution in [0.2, 0.25) is 0 Å². The Balaban J connectivity index is 0. The number of hydrogen-bond donors (Lipinski definition) is 0. The van der Waals surface area contributed by atoms with Gasteiger partial charge >= 0.3 is 29.6 Å². The predicted octanol–water partition coefficient (Wildman–Crippen LogP) is -1.14. The van der Waals surface area contributed by atoms with Crippen LogP contribution in [0.1, 0.15) is 39.0 Å². The van der Waals surface area contributed by atoms with Gasteiger partial charge in [-0.3, -0.25) is 4.39 Å². The summed E-state index contributed by atoms with van der Waals surface area (Å²) in [6.45, 7) is 2.00. The average Bonchev–Trinajstić information content (AvgIpc) is 2.19. The molecule has 0 heterocycles. The molecule has 0 radical (unpaired) electrons. The molecule has 1 atom stereocenters. The third-order valence-electron chi connectivity index (χ3n) is 2.20. The molecule has 0 N–H and O–H groups in total. The standard InChI is InChI=1S/C10H21FO4S.Na/c1-10(6-9-16(12,13)14)15-8-5-3-2-4-7-11;/h10H,2-9H2,1H3,(H,12,13,14);/q;+1/p-1. The molecule has 4 nitrogen and oxygen atoms in total. The Bertz CT molecular complexity index is 259. The van der Waals surface area contributed by atoms with Crippen molar-refractivity contribution in [2.45, 2.75) is 45.1 Å². The van der Waals surface area contributed by atoms with Gasteiger partial charge in [0.1, 0.15) is 0 Å². The van der Waals surface area contributed by atoms with Crippen LogP contribution in [-0.4, -0.2) is 38.1 Å². The smallest absolute Gasteiger partial charge is 0.748 e. The van der Waals surface area contributed by atoms with E-state index in [1.54, 1.807) is 6.92 Å². The molecule has 17 heavy (non-hydrogen) atoms. The van der Waals surface area contributed by atoms with Gasteiger partial charge in [-0.05, 0) is 26.2 Å². The molecule has 1 unspecified atom stereocenters. The molecule has 0 aromatic rings. The Labute approximate surface area is 125 Å². The minimum atomic E-state index is -4.13. The first-order chi connectivity index (χ1) is 7.45. The number of hydrogen-bond acceptors (Lipinski definition) is 4. The summed E-state index contributed by atoms with van der Waals surface area (Å²) in [5.41, 5.74) is 0. The van der Waals surface area contributed by atoms with Gasteiger partial charge in [-0.15, -0.1) is 0 Å². The van der Waals surface area contributed by atoms with Crippen molar-refractivity contribution in [2.75, 3.05) is 19.0 Å². The van der Waals surface area contributed by atoms with E-state index in [0.717, 1.165) is 19.3 Å². The molecular formula is C10H20FNaO4S. The van der Waals surface area contributed by atoms with Crippen molar-refractivity contribution in [3.63, 3.8) is 0 Å². The maximum Gasteiger partial charge on any atom is 1.00 e. The van der Waals surface area contributed by atoms with Gasteiger partial charge in [0.25, 0.3) is 0 Å². The summed E-state index contributed by atoms with van der Waals surface area (Å²) in [7, 11) is -4.13. The number of rotatable bonds is 10. The minimum Gasteiger partial charge on any atom is -0.748 e. The second-order valence-corrected chi connectivity index (χ2v) is 5.36. The Morgan fingerprint density at radius 1 is 1.24 bits per heavy atom. The predicted molar refractivity (Wildman–Crippen MR) is 59.0 cm³/mol. The van der Waals surface area contributed by atoms with Gasteiger partial charge in [0.2, 0.25) is 0 Å². The van der Waals surface area contributed by atoms with Crippen LogP contribution in [0.3, 0.4) is 0 Å². The van der Waals surface area contributed by atoms with Crippen LogP contribution in [0.5, 0.6) is 0 Å². The second-order valence-electron chi connectivity index (χ2n) is 3.84. The van der Waals surface area contributed by atoms with Gasteiger partial charge < -0.3 is 9.29 Å². The van der Waals surface area contributed by atoms with Gasteiger partial charge in [0.15, 0.2) is 0 Å². The fraction of sp³-hybridized carbons (Fsp3) is 1.00. The largest absolute Gasteiger partial charge is 1.00 e. The third kappa shape index (κ3) is 16.8. The molecule has 0 rings (SSSR count). The van der Waals surface area contributed by atoms with Crippen LogP contribution in [-0.2, 0) is 14.9 Å². The topological polar surface area (TPSA) is 66.4 Å². The van der Waals surface area contributed by atoms with E-state index in [4.69, 9.17) is 4.74 Å². The van der Waals surface area contributed by atoms with E-state index in [0.29, 0.717) is 13.0 Å². The summed E-state index contributed by atoms with van der Waals surface area (Å²) in [6, 6.07) is 0. The zero-order chi connectivity index (χ0) is 12.4. The Hall–Kier alpha value is 0.800. The molecule has 0 fully saturated rings. The van der Waals surface area contributed by atoms with Crippen molar-refractivity contribution in [3.8, 4) is 0 Å². The van der Waals surface area contributed by atoms with Crippen molar-refractivity contribution in [1.29, 1.82) is 0 Å². The Morgan fingerprint density at radius 3 is 2.35 bits per heavy atom. The van der Waals surface area contributed by atoms with Crippen LogP contribution in [0.15, 0.2) is 0 Å². The van der Waals surface area contributed by atoms with E-state index in [-0.39, 0.29) is 54.5 Å². The minimum absolute atomic E-state index is 0. The normalized spacial score (nSPS) is 13.1. The summed E-state index contributed by atoms with van der Waals surface area (Å²) < 4.78 is 48.1. The first-order valence-corrected chi connectivity index (χ1v) is 7.14. The summed E-state index contributed by atoms with van der Waals surface area (Å²) in [5, 5.41) is 0. The van der Waals surface area contributed by atoms with Crippen molar-refractivity contribution in [2.24, 2.45) is 0 Å². The summed E-state index contributed by atoms with van der Waals surface area (Å²) >= 11 is 0. The van der Waals surface area contributed by atoms with Crippen LogP contribution >= 0.6 is 0 Å². The number of unbranched alkanes of at least 4 members (excludes halogenated alkanes) is 3. The maximum atomic E-state index is 11.7. The molecule has 98 valence electrons. The van der Waals surface area contributed by atoms with E-state index < -0.39 is 10.1 Å². The second kappa shape index (κ2) is 11.9. The first kappa shape index (κ1) is 20.1. The SMILES string of the molecule is CC(CCS(=O)(=O)[O-])OCCCCCCF.[Na+]. The molecule has 0 aromatic heterocycles. The van der Waals surface area contributed by atoms with Crippen LogP contribution in [0, 0.1) is 0 Å². The van der Waals surface area contributed by atoms with Crippen molar-refractivity contribution >= 4 is 10.1 Å². The molecule has 0 aromatic carbocycles. The Kier molecular flexibility index (Phi) is 14.0. The fourth-order valence-electron chi connectivity index (χ4n) is 1.23. The van der Waals surface area contributed by atoms with Crippen molar-refractivity contribution in [3.05, 3.63) is 0 Å². The van der Waals surface area contributed by atoms with Crippen LogP contribution in [0.4, 0.5) is 4.39 Å². The molecule has 0 bridgehead atoms. The number of alkyl halides is 1. The molecule has 0 aliphatic carbocycles. The van der Waals surface area contributed by atoms with Gasteiger partial charge in [-0.25, -0.2) is 8.42 Å². The zero-order valence-electron chi connectivity index (χ0n) is 10.7. The summed E-state index contributed by atoms with van der Waals surface area (Å²) in [4.78, 5) is 0. The van der Waals surface area contributed by atoms with Crippen molar-refractivity contribution < 1.29 is 51.7 Å². The molecule has 0 spiro atoms. The number of ether oxygens (including phenoxy) is 1. The average molecular weight is 278 g/mol. The van der Waals surface area contributed by atoms with Gasteiger partial charge in [0.05, 0.1) is 22.9 Å². The van der Waals surface area contributed by atoms with E-state index in [9.17, 15) is 17.4 Å². The third-order valence-corrected chi connectivity index (χ3v) is 2.94. The van der Waals surface area contributed by atoms with E-state index in [2.05, 4.69) is 0 Å². The molecule has 0 aliphatic heterocycles. The molecular weight excluding hydrogens is 258 g/mol. The molecule has 0 saturated heterocycles. The zero-order valence-corrected chi connectivity index (χ0v) is 13.5. The maximum absolute atomic E-state index is 11.7. The monoisotopic (exact) mass is 278 g/mol. The quantitative estimate of drug-likeness (QED) is 0.288. The van der Waals surface area contributed by atoms with Crippen LogP contribution in [0.25, 0.3) is 0 Å². The van der Waals surface area contributed by atoms with E-state index in [1.165, 1.54) is 0 Å². The van der Waals surface area contributed by atoms with E-state index in [1.807, 2.05) is 0 Å². The fourth-order valence-corrected chi connectivity index (χ4v) is 1.85. The Morgan fingerprint density at radius 2 is 1.82 bits per heavy atom. The van der Waals surface area contributed by atoms with Gasteiger partial charge in [-0.2, -0.15) is 0 Å². The molecule has 0 saturated carbocycles. The van der Waals surface area contributed by atoms with Crippen LogP contribution < -0.4 is 29.6 Å². The summed E-state index contributed by atoms with van der Waals surface area (Å²) in [5.74, 6) is -0.379. The van der Waals surface area contributed by atoms with Gasteiger partial charge in [-0.1, -0.05) is 12.8 Å². The molecule has 0 amide bonds. The molecule has 7 heteroatoms. The number of halogens is 1. The van der Waals surface area contributed by atoms with E-state index >= 15 is 0 Å². The van der Waals surface area contributed by atoms with Gasteiger partial charge in [0, 0.05) is 12.4 Å². The van der Waals surface area contributed by atoms with Crippen molar-refractivity contribution in [1.82, 2.24) is 0 Å². The summed E-state index contributed by atoms with van der Waals surface area (Å²) in [6.07, 6.45) is 3.21. The molecule has 0 aliphatic rings. The first-order valence-electron chi connectivity index (χ1n) is 5.57.